The first-order chi connectivity index (χ1) is 16.5. The van der Waals surface area contributed by atoms with Gasteiger partial charge in [-0.3, -0.25) is 14.5 Å². The third-order valence-electron chi connectivity index (χ3n) is 6.57. The third kappa shape index (κ3) is 4.68. The predicted molar refractivity (Wildman–Crippen MR) is 125 cm³/mol. The number of aromatic nitrogens is 4. The lowest BCUT2D eigenvalue weighted by Gasteiger charge is -2.32. The summed E-state index contributed by atoms with van der Waals surface area (Å²) in [5, 5.41) is 27.1. The van der Waals surface area contributed by atoms with Crippen LogP contribution in [-0.2, 0) is 22.4 Å². The first-order valence-corrected chi connectivity index (χ1v) is 11.4. The molecule has 2 atom stereocenters. The number of aliphatic hydroxyl groups excluding tert-OH is 1. The molecule has 0 bridgehead atoms. The number of nitrogens with one attached hydrogen (secondary N) is 2. The van der Waals surface area contributed by atoms with Gasteiger partial charge in [0.15, 0.2) is 0 Å². The minimum Gasteiger partial charge on any atom is -0.392 e. The van der Waals surface area contributed by atoms with Gasteiger partial charge in [0.2, 0.25) is 17.6 Å². The number of benzene rings is 2. The van der Waals surface area contributed by atoms with Gasteiger partial charge in [0.25, 0.3) is 0 Å². The van der Waals surface area contributed by atoms with E-state index in [-0.39, 0.29) is 30.4 Å². The molecule has 2 aliphatic rings. The maximum absolute atomic E-state index is 13.4. The van der Waals surface area contributed by atoms with Crippen molar-refractivity contribution in [2.45, 2.75) is 31.4 Å². The van der Waals surface area contributed by atoms with Gasteiger partial charge in [0, 0.05) is 37.9 Å². The van der Waals surface area contributed by atoms with Crippen LogP contribution in [0.5, 0.6) is 0 Å². The number of rotatable bonds is 7. The molecular formula is C24H27N7O3. The molecule has 0 radical (unpaired) electrons. The summed E-state index contributed by atoms with van der Waals surface area (Å²) in [6.45, 7) is 1.98. The molecule has 10 heteroatoms. The highest BCUT2D eigenvalue weighted by Gasteiger charge is 2.29. The van der Waals surface area contributed by atoms with Crippen LogP contribution in [0.25, 0.3) is 11.4 Å². The molecule has 5 rings (SSSR count). The maximum atomic E-state index is 13.4. The average molecular weight is 462 g/mol. The minimum atomic E-state index is -0.339. The third-order valence-corrected chi connectivity index (χ3v) is 6.57. The predicted octanol–water partition coefficient (Wildman–Crippen LogP) is 1.17. The summed E-state index contributed by atoms with van der Waals surface area (Å²) in [4.78, 5) is 29.0. The van der Waals surface area contributed by atoms with Crippen LogP contribution in [0.3, 0.4) is 0 Å². The quantitative estimate of drug-likeness (QED) is 0.482. The van der Waals surface area contributed by atoms with Crippen LogP contribution in [0.1, 0.15) is 29.2 Å². The number of carbonyl (C=O) groups excluding carboxylic acids is 2. The number of likely N-dealkylation sites (tertiary alicyclic amines) is 1. The number of fused-ring (bicyclic) bond motifs is 1. The molecule has 1 saturated heterocycles. The molecule has 1 fully saturated rings. The van der Waals surface area contributed by atoms with Crippen molar-refractivity contribution in [1.29, 1.82) is 0 Å². The monoisotopic (exact) mass is 461 g/mol. The highest BCUT2D eigenvalue weighted by atomic mass is 16.3. The molecule has 0 saturated carbocycles. The van der Waals surface area contributed by atoms with E-state index in [1.807, 2.05) is 49.5 Å². The van der Waals surface area contributed by atoms with Gasteiger partial charge >= 0.3 is 0 Å². The second-order valence-corrected chi connectivity index (χ2v) is 8.98. The van der Waals surface area contributed by atoms with E-state index in [1.165, 1.54) is 0 Å². The first-order valence-electron chi connectivity index (χ1n) is 11.4. The number of anilines is 1. The Labute approximate surface area is 197 Å². The topological polar surface area (TPSA) is 127 Å². The zero-order valence-corrected chi connectivity index (χ0v) is 18.9. The van der Waals surface area contributed by atoms with E-state index in [2.05, 4.69) is 30.8 Å². The van der Waals surface area contributed by atoms with Crippen molar-refractivity contribution >= 4 is 17.5 Å². The Morgan fingerprint density at radius 2 is 2.18 bits per heavy atom. The standard InChI is InChI=1S/C24H27N7O3/c1-30(23(34)10-15-5-6-16-12-22(33)25-20(16)9-15)21(14-31-8-7-19(32)13-31)17-3-2-4-18(11-17)24-26-28-29-27-24/h2-6,9,11,19,21,32H,7-8,10,12-14H2,1H3,(H,25,33)(H,26,27,28,29)/t19?,21-/m1/s1. The molecule has 1 unspecified atom stereocenters. The molecule has 0 spiro atoms. The highest BCUT2D eigenvalue weighted by Crippen LogP contribution is 2.28. The summed E-state index contributed by atoms with van der Waals surface area (Å²) in [5.74, 6) is 0.440. The lowest BCUT2D eigenvalue weighted by molar-refractivity contribution is -0.131. The van der Waals surface area contributed by atoms with Crippen molar-refractivity contribution in [3.63, 3.8) is 0 Å². The second-order valence-electron chi connectivity index (χ2n) is 8.98. The van der Waals surface area contributed by atoms with Gasteiger partial charge < -0.3 is 15.3 Å². The number of aliphatic hydroxyl groups is 1. The van der Waals surface area contributed by atoms with E-state index >= 15 is 0 Å². The van der Waals surface area contributed by atoms with Gasteiger partial charge in [0.05, 0.1) is 25.0 Å². The largest absolute Gasteiger partial charge is 0.392 e. The molecule has 1 aromatic heterocycles. The number of hydrogen-bond donors (Lipinski definition) is 3. The van der Waals surface area contributed by atoms with Gasteiger partial charge in [-0.15, -0.1) is 10.2 Å². The fourth-order valence-electron chi connectivity index (χ4n) is 4.69. The number of H-pyrrole nitrogens is 1. The zero-order valence-electron chi connectivity index (χ0n) is 18.9. The SMILES string of the molecule is CN(C(=O)Cc1ccc2c(c1)NC(=O)C2)[C@H](CN1CCC(O)C1)c1cccc(-c2nn[nH]n2)c1. The Morgan fingerprint density at radius 3 is 2.94 bits per heavy atom. The summed E-state index contributed by atoms with van der Waals surface area (Å²) < 4.78 is 0. The Hall–Kier alpha value is -3.63. The number of carbonyl (C=O) groups is 2. The molecule has 2 aromatic carbocycles. The van der Waals surface area contributed by atoms with E-state index in [9.17, 15) is 14.7 Å². The molecule has 0 aliphatic carbocycles. The van der Waals surface area contributed by atoms with Gasteiger partial charge in [-0.2, -0.15) is 5.21 Å². The van der Waals surface area contributed by atoms with Gasteiger partial charge in [-0.1, -0.05) is 30.3 Å². The summed E-state index contributed by atoms with van der Waals surface area (Å²) >= 11 is 0. The molecule has 3 N–H and O–H groups in total. The van der Waals surface area contributed by atoms with Gasteiger partial charge in [-0.05, 0) is 40.5 Å². The van der Waals surface area contributed by atoms with Crippen molar-refractivity contribution in [2.24, 2.45) is 0 Å². The zero-order chi connectivity index (χ0) is 23.7. The van der Waals surface area contributed by atoms with Gasteiger partial charge in [-0.25, -0.2) is 0 Å². The molecular weight excluding hydrogens is 434 g/mol. The number of tetrazole rings is 1. The van der Waals surface area contributed by atoms with Crippen molar-refractivity contribution in [2.75, 3.05) is 32.0 Å². The fraction of sp³-hybridized carbons (Fsp3) is 0.375. The molecule has 10 nitrogen and oxygen atoms in total. The van der Waals surface area contributed by atoms with E-state index < -0.39 is 0 Å². The van der Waals surface area contributed by atoms with Crippen LogP contribution < -0.4 is 5.32 Å². The number of hydrogen-bond acceptors (Lipinski definition) is 7. The molecule has 3 heterocycles. The first kappa shape index (κ1) is 22.2. The lowest BCUT2D eigenvalue weighted by atomic mass is 10.0. The minimum absolute atomic E-state index is 0.0232. The van der Waals surface area contributed by atoms with Crippen LogP contribution in [0.2, 0.25) is 0 Å². The van der Waals surface area contributed by atoms with Crippen molar-refractivity contribution in [1.82, 2.24) is 30.4 Å². The fourth-order valence-corrected chi connectivity index (χ4v) is 4.69. The molecule has 3 aromatic rings. The van der Waals surface area contributed by atoms with Crippen LogP contribution in [0.4, 0.5) is 5.69 Å². The van der Waals surface area contributed by atoms with E-state index in [0.29, 0.717) is 25.3 Å². The second kappa shape index (κ2) is 9.32. The Morgan fingerprint density at radius 1 is 1.29 bits per heavy atom. The number of aromatic amines is 1. The molecule has 2 amide bonds. The maximum Gasteiger partial charge on any atom is 0.228 e. The smallest absolute Gasteiger partial charge is 0.228 e. The van der Waals surface area contributed by atoms with Crippen molar-refractivity contribution < 1.29 is 14.7 Å². The van der Waals surface area contributed by atoms with E-state index in [1.54, 1.807) is 4.90 Å². The van der Waals surface area contributed by atoms with E-state index in [4.69, 9.17) is 0 Å². The summed E-state index contributed by atoms with van der Waals surface area (Å²) in [6.07, 6.45) is 0.996. The van der Waals surface area contributed by atoms with Gasteiger partial charge in [0.1, 0.15) is 0 Å². The lowest BCUT2D eigenvalue weighted by Crippen LogP contribution is -2.39. The van der Waals surface area contributed by atoms with Crippen LogP contribution in [0.15, 0.2) is 42.5 Å². The van der Waals surface area contributed by atoms with Crippen LogP contribution >= 0.6 is 0 Å². The molecule has 2 aliphatic heterocycles. The average Bonchev–Trinajstić information content (AvgIpc) is 3.57. The molecule has 176 valence electrons. The summed E-state index contributed by atoms with van der Waals surface area (Å²) in [5.41, 5.74) is 4.37. The summed E-state index contributed by atoms with van der Waals surface area (Å²) in [6, 6.07) is 13.3. The number of amides is 2. The normalized spacial score (nSPS) is 18.5. The van der Waals surface area contributed by atoms with E-state index in [0.717, 1.165) is 40.9 Å². The number of nitrogens with zero attached hydrogens (tertiary/aromatic N) is 5. The van der Waals surface area contributed by atoms with Crippen molar-refractivity contribution in [3.05, 3.63) is 59.2 Å². The Bertz CT molecular complexity index is 1200. The van der Waals surface area contributed by atoms with Crippen molar-refractivity contribution in [3.8, 4) is 11.4 Å². The summed E-state index contributed by atoms with van der Waals surface area (Å²) in [7, 11) is 1.82. The Kier molecular flexibility index (Phi) is 6.08. The Balaban J connectivity index is 1.38. The number of likely N-dealkylation sites (N-methyl/N-ethyl adjacent to an activating group) is 1. The highest BCUT2D eigenvalue weighted by molar-refractivity contribution is 5.99. The van der Waals surface area contributed by atoms with Crippen LogP contribution in [0, 0.1) is 0 Å². The molecule has 34 heavy (non-hydrogen) atoms. The number of β-amino-alcohol motifs (C(OH)–C–C–N with tert-alkyl or cyclic N) is 1. The van der Waals surface area contributed by atoms with Crippen LogP contribution in [-0.4, -0.2) is 80.1 Å².